The fourth-order valence-corrected chi connectivity index (χ4v) is 2.34. The molecule has 110 valence electrons. The fraction of sp³-hybridized carbons (Fsp3) is 0.556. The van der Waals surface area contributed by atoms with Crippen molar-refractivity contribution in [3.05, 3.63) is 35.9 Å². The molecule has 0 aromatic heterocycles. The lowest BCUT2D eigenvalue weighted by Gasteiger charge is -2.15. The molecule has 0 saturated heterocycles. The largest absolute Gasteiger partial charge is 0.299 e. The van der Waals surface area contributed by atoms with Gasteiger partial charge in [-0.05, 0) is 18.4 Å². The first kappa shape index (κ1) is 16.6. The first-order valence-corrected chi connectivity index (χ1v) is 7.52. The van der Waals surface area contributed by atoms with Crippen LogP contribution in [-0.4, -0.2) is 11.6 Å². The lowest BCUT2D eigenvalue weighted by Crippen LogP contribution is -2.20. The Morgan fingerprint density at radius 1 is 0.900 bits per heavy atom. The molecular formula is C18H26O2. The molecule has 0 aliphatic carbocycles. The van der Waals surface area contributed by atoms with Crippen LogP contribution in [0.5, 0.6) is 0 Å². The molecule has 0 amide bonds. The van der Waals surface area contributed by atoms with Gasteiger partial charge in [-0.1, -0.05) is 58.0 Å². The molecule has 2 heteroatoms. The average molecular weight is 274 g/mol. The Labute approximate surface area is 122 Å². The van der Waals surface area contributed by atoms with Crippen LogP contribution in [0.4, 0.5) is 0 Å². The third kappa shape index (κ3) is 5.28. The van der Waals surface area contributed by atoms with Gasteiger partial charge in [0.05, 0.1) is 0 Å². The monoisotopic (exact) mass is 274 g/mol. The van der Waals surface area contributed by atoms with E-state index < -0.39 is 0 Å². The van der Waals surface area contributed by atoms with Gasteiger partial charge in [0.25, 0.3) is 0 Å². The summed E-state index contributed by atoms with van der Waals surface area (Å²) in [5.74, 6) is 0.730. The van der Waals surface area contributed by atoms with Crippen LogP contribution in [0, 0.1) is 17.8 Å². The summed E-state index contributed by atoms with van der Waals surface area (Å²) in [5, 5.41) is 0. The first-order chi connectivity index (χ1) is 9.41. The molecule has 0 aliphatic rings. The fourth-order valence-electron chi connectivity index (χ4n) is 2.34. The zero-order valence-corrected chi connectivity index (χ0v) is 13.1. The molecule has 0 aliphatic heterocycles. The Hall–Kier alpha value is -1.44. The van der Waals surface area contributed by atoms with Crippen molar-refractivity contribution in [1.82, 2.24) is 0 Å². The Morgan fingerprint density at radius 2 is 1.45 bits per heavy atom. The predicted molar refractivity (Wildman–Crippen MR) is 82.6 cm³/mol. The summed E-state index contributed by atoms with van der Waals surface area (Å²) in [6.45, 7) is 7.81. The van der Waals surface area contributed by atoms with Crippen LogP contribution in [-0.2, 0) is 16.0 Å². The van der Waals surface area contributed by atoms with E-state index in [1.807, 2.05) is 58.0 Å². The molecule has 1 rings (SSSR count). The van der Waals surface area contributed by atoms with Crippen LogP contribution in [0.3, 0.4) is 0 Å². The summed E-state index contributed by atoms with van der Waals surface area (Å²) in [4.78, 5) is 24.0. The second-order valence-corrected chi connectivity index (χ2v) is 6.07. The minimum absolute atomic E-state index is 0.0256. The highest BCUT2D eigenvalue weighted by atomic mass is 16.1. The van der Waals surface area contributed by atoms with Gasteiger partial charge in [-0.3, -0.25) is 9.59 Å². The smallest absolute Gasteiger partial charge is 0.140 e. The first-order valence-electron chi connectivity index (χ1n) is 7.52. The van der Waals surface area contributed by atoms with E-state index in [1.54, 1.807) is 0 Å². The van der Waals surface area contributed by atoms with E-state index in [1.165, 1.54) is 0 Å². The van der Waals surface area contributed by atoms with Gasteiger partial charge in [-0.25, -0.2) is 0 Å². The molecular weight excluding hydrogens is 248 g/mol. The number of hydrogen-bond donors (Lipinski definition) is 0. The molecule has 0 radical (unpaired) electrons. The van der Waals surface area contributed by atoms with Gasteiger partial charge in [0, 0.05) is 24.2 Å². The Morgan fingerprint density at radius 3 is 2.00 bits per heavy atom. The topological polar surface area (TPSA) is 34.1 Å². The minimum atomic E-state index is 0.0256. The molecule has 2 atom stereocenters. The SMILES string of the molecule is CC(C)C(=O)C(C)CCC(C)C(=O)Cc1ccccc1. The normalized spacial score (nSPS) is 14.1. The zero-order valence-electron chi connectivity index (χ0n) is 13.1. The number of hydrogen-bond acceptors (Lipinski definition) is 2. The van der Waals surface area contributed by atoms with E-state index >= 15 is 0 Å². The highest BCUT2D eigenvalue weighted by Gasteiger charge is 2.19. The number of carbonyl (C=O) groups is 2. The van der Waals surface area contributed by atoms with Gasteiger partial charge in [-0.2, -0.15) is 0 Å². The molecule has 2 nitrogen and oxygen atoms in total. The van der Waals surface area contributed by atoms with Crippen molar-refractivity contribution in [2.75, 3.05) is 0 Å². The second-order valence-electron chi connectivity index (χ2n) is 6.07. The van der Waals surface area contributed by atoms with Crippen LogP contribution in [0.1, 0.15) is 46.1 Å². The van der Waals surface area contributed by atoms with E-state index in [0.717, 1.165) is 18.4 Å². The van der Waals surface area contributed by atoms with E-state index in [9.17, 15) is 9.59 Å². The molecule has 0 heterocycles. The van der Waals surface area contributed by atoms with Gasteiger partial charge in [-0.15, -0.1) is 0 Å². The Bertz CT molecular complexity index is 434. The number of ketones is 2. The Kier molecular flexibility index (Phi) is 6.63. The molecule has 0 spiro atoms. The number of Topliss-reactive ketones (excluding diaryl/α,β-unsaturated/α-hetero) is 2. The molecule has 20 heavy (non-hydrogen) atoms. The summed E-state index contributed by atoms with van der Waals surface area (Å²) in [6.07, 6.45) is 2.10. The summed E-state index contributed by atoms with van der Waals surface area (Å²) in [6, 6.07) is 9.83. The number of rotatable bonds is 8. The van der Waals surface area contributed by atoms with Crippen molar-refractivity contribution in [2.24, 2.45) is 17.8 Å². The number of carbonyl (C=O) groups excluding carboxylic acids is 2. The molecule has 0 bridgehead atoms. The van der Waals surface area contributed by atoms with Crippen LogP contribution in [0.2, 0.25) is 0 Å². The lowest BCUT2D eigenvalue weighted by molar-refractivity contribution is -0.126. The molecule has 2 unspecified atom stereocenters. The zero-order chi connectivity index (χ0) is 15.1. The highest BCUT2D eigenvalue weighted by molar-refractivity contribution is 5.84. The summed E-state index contributed by atoms with van der Waals surface area (Å²) >= 11 is 0. The van der Waals surface area contributed by atoms with Gasteiger partial charge < -0.3 is 0 Å². The van der Waals surface area contributed by atoms with Crippen LogP contribution in [0.15, 0.2) is 30.3 Å². The summed E-state index contributed by atoms with van der Waals surface area (Å²) < 4.78 is 0. The predicted octanol–water partition coefficient (Wildman–Crippen LogP) is 4.08. The van der Waals surface area contributed by atoms with E-state index in [2.05, 4.69) is 0 Å². The van der Waals surface area contributed by atoms with Crippen molar-refractivity contribution in [3.8, 4) is 0 Å². The van der Waals surface area contributed by atoms with Crippen LogP contribution in [0.25, 0.3) is 0 Å². The average Bonchev–Trinajstić information content (AvgIpc) is 2.44. The van der Waals surface area contributed by atoms with Crippen molar-refractivity contribution in [1.29, 1.82) is 0 Å². The summed E-state index contributed by atoms with van der Waals surface area (Å²) in [7, 11) is 0. The second kappa shape index (κ2) is 7.98. The summed E-state index contributed by atoms with van der Waals surface area (Å²) in [5.41, 5.74) is 1.07. The van der Waals surface area contributed by atoms with E-state index in [0.29, 0.717) is 12.2 Å². The van der Waals surface area contributed by atoms with Crippen molar-refractivity contribution in [2.45, 2.75) is 47.0 Å². The standard InChI is InChI=1S/C18H26O2/c1-13(2)18(20)15(4)11-10-14(3)17(19)12-16-8-6-5-7-9-16/h5-9,13-15H,10-12H2,1-4H3. The van der Waals surface area contributed by atoms with Gasteiger partial charge in [0.1, 0.15) is 11.6 Å². The Balaban J connectivity index is 2.41. The minimum Gasteiger partial charge on any atom is -0.299 e. The van der Waals surface area contributed by atoms with Crippen molar-refractivity contribution in [3.63, 3.8) is 0 Å². The lowest BCUT2D eigenvalue weighted by atomic mass is 9.88. The molecule has 0 saturated carbocycles. The van der Waals surface area contributed by atoms with Gasteiger partial charge >= 0.3 is 0 Å². The third-order valence-corrected chi connectivity index (χ3v) is 3.86. The van der Waals surface area contributed by atoms with Crippen LogP contribution >= 0.6 is 0 Å². The van der Waals surface area contributed by atoms with Crippen molar-refractivity contribution < 1.29 is 9.59 Å². The number of benzene rings is 1. The maximum absolute atomic E-state index is 12.1. The maximum atomic E-state index is 12.1. The quantitative estimate of drug-likeness (QED) is 0.716. The third-order valence-electron chi connectivity index (χ3n) is 3.86. The molecule has 1 aromatic rings. The van der Waals surface area contributed by atoms with Gasteiger partial charge in [0.15, 0.2) is 0 Å². The van der Waals surface area contributed by atoms with Gasteiger partial charge in [0.2, 0.25) is 0 Å². The van der Waals surface area contributed by atoms with E-state index in [-0.39, 0.29) is 23.5 Å². The van der Waals surface area contributed by atoms with Crippen molar-refractivity contribution >= 4 is 11.6 Å². The molecule has 0 N–H and O–H groups in total. The molecule has 0 fully saturated rings. The van der Waals surface area contributed by atoms with E-state index in [4.69, 9.17) is 0 Å². The molecule has 1 aromatic carbocycles. The highest BCUT2D eigenvalue weighted by Crippen LogP contribution is 2.18. The maximum Gasteiger partial charge on any atom is 0.140 e. The van der Waals surface area contributed by atoms with Crippen LogP contribution < -0.4 is 0 Å².